The Morgan fingerprint density at radius 2 is 2.00 bits per heavy atom. The van der Waals surface area contributed by atoms with Gasteiger partial charge >= 0.3 is 0 Å². The van der Waals surface area contributed by atoms with Gasteiger partial charge in [-0.05, 0) is 37.5 Å². The number of carbonyl (C=O) groups is 2. The van der Waals surface area contributed by atoms with Crippen LogP contribution in [0, 0.1) is 6.92 Å². The van der Waals surface area contributed by atoms with E-state index in [0.29, 0.717) is 17.9 Å². The number of carbonyl (C=O) groups excluding carboxylic acids is 2. The van der Waals surface area contributed by atoms with Gasteiger partial charge in [0.05, 0.1) is 38.4 Å². The molecule has 0 aliphatic carbocycles. The predicted molar refractivity (Wildman–Crippen MR) is 101 cm³/mol. The summed E-state index contributed by atoms with van der Waals surface area (Å²) < 4.78 is 5.83. The third kappa shape index (κ3) is 3.85. The summed E-state index contributed by atoms with van der Waals surface area (Å²) >= 11 is 0. The monoisotopic (exact) mass is 360 g/mol. The molecule has 1 saturated heterocycles. The zero-order valence-electron chi connectivity index (χ0n) is 16.1. The number of hydrogen-bond donors (Lipinski definition) is 1. The molecule has 2 aliphatic rings. The minimum atomic E-state index is -0.510. The van der Waals surface area contributed by atoms with E-state index in [-0.39, 0.29) is 18.4 Å². The van der Waals surface area contributed by atoms with Crippen LogP contribution in [0.4, 0.5) is 5.69 Å². The minimum absolute atomic E-state index is 0.0260. The Morgan fingerprint density at radius 3 is 2.65 bits per heavy atom. The predicted octanol–water partition coefficient (Wildman–Crippen LogP) is 0.636. The third-order valence-electron chi connectivity index (χ3n) is 5.31. The summed E-state index contributed by atoms with van der Waals surface area (Å²) in [6, 6.07) is 5.79. The largest absolute Gasteiger partial charge is 0.478 e. The molecule has 26 heavy (non-hydrogen) atoms. The highest BCUT2D eigenvalue weighted by molar-refractivity contribution is 6.03. The van der Waals surface area contributed by atoms with E-state index < -0.39 is 6.10 Å². The molecule has 2 aliphatic heterocycles. The van der Waals surface area contributed by atoms with Crippen molar-refractivity contribution in [3.05, 3.63) is 23.8 Å². The number of hydrogen-bond acceptors (Lipinski definition) is 3. The van der Waals surface area contributed by atoms with Gasteiger partial charge < -0.3 is 14.5 Å². The Morgan fingerprint density at radius 1 is 1.27 bits per heavy atom. The highest BCUT2D eigenvalue weighted by atomic mass is 16.5. The molecule has 6 nitrogen and oxygen atoms in total. The lowest BCUT2D eigenvalue weighted by molar-refractivity contribution is -0.904. The summed E-state index contributed by atoms with van der Waals surface area (Å²) in [5, 5.41) is 0. The quantitative estimate of drug-likeness (QED) is 0.838. The molecule has 6 heteroatoms. The van der Waals surface area contributed by atoms with Gasteiger partial charge in [-0.25, -0.2) is 0 Å². The molecular formula is C20H30N3O3+. The van der Waals surface area contributed by atoms with Crippen LogP contribution < -0.4 is 14.5 Å². The van der Waals surface area contributed by atoms with Crippen molar-refractivity contribution in [3.63, 3.8) is 0 Å². The summed E-state index contributed by atoms with van der Waals surface area (Å²) in [6.45, 7) is 10.9. The molecule has 0 bridgehead atoms. The molecule has 142 valence electrons. The topological polar surface area (TPSA) is 54.3 Å². The molecule has 0 spiro atoms. The summed E-state index contributed by atoms with van der Waals surface area (Å²) in [6.07, 6.45) is 1.25. The van der Waals surface area contributed by atoms with E-state index in [1.54, 1.807) is 9.80 Å². The fraction of sp³-hybridized carbons (Fsp3) is 0.600. The normalized spacial score (nSPS) is 20.7. The van der Waals surface area contributed by atoms with Gasteiger partial charge in [0, 0.05) is 0 Å². The summed E-state index contributed by atoms with van der Waals surface area (Å²) in [5.74, 6) is 0.597. The average molecular weight is 360 g/mol. The van der Waals surface area contributed by atoms with Crippen LogP contribution in [0.5, 0.6) is 5.75 Å². The number of nitrogens with zero attached hydrogens (tertiary/aromatic N) is 2. The van der Waals surface area contributed by atoms with E-state index >= 15 is 0 Å². The molecule has 0 radical (unpaired) electrons. The van der Waals surface area contributed by atoms with Crippen molar-refractivity contribution >= 4 is 17.5 Å². The zero-order valence-corrected chi connectivity index (χ0v) is 16.1. The number of aryl methyl sites for hydroxylation is 1. The molecule has 2 amide bonds. The summed E-state index contributed by atoms with van der Waals surface area (Å²) in [7, 11) is 0. The van der Waals surface area contributed by atoms with Crippen LogP contribution >= 0.6 is 0 Å². The number of anilines is 1. The molecule has 0 saturated carbocycles. The first-order chi connectivity index (χ1) is 12.5. The number of piperazine rings is 1. The highest BCUT2D eigenvalue weighted by Gasteiger charge is 2.35. The Kier molecular flexibility index (Phi) is 5.81. The van der Waals surface area contributed by atoms with Gasteiger partial charge in [-0.2, -0.15) is 0 Å². The minimum Gasteiger partial charge on any atom is -0.478 e. The number of ether oxygens (including phenoxy) is 1. The van der Waals surface area contributed by atoms with E-state index in [9.17, 15) is 9.59 Å². The van der Waals surface area contributed by atoms with Crippen molar-refractivity contribution in [2.24, 2.45) is 0 Å². The molecule has 2 heterocycles. The zero-order chi connectivity index (χ0) is 18.7. The van der Waals surface area contributed by atoms with Crippen LogP contribution in [0.25, 0.3) is 0 Å². The van der Waals surface area contributed by atoms with Crippen molar-refractivity contribution in [2.75, 3.05) is 44.2 Å². The van der Waals surface area contributed by atoms with Crippen LogP contribution in [0.15, 0.2) is 18.2 Å². The van der Waals surface area contributed by atoms with E-state index in [1.807, 2.05) is 36.9 Å². The number of nitrogens with one attached hydrogen (secondary N) is 1. The molecule has 3 rings (SSSR count). The lowest BCUT2D eigenvalue weighted by Crippen LogP contribution is -3.14. The maximum Gasteiger partial charge on any atom is 0.268 e. The van der Waals surface area contributed by atoms with Crippen molar-refractivity contribution in [1.82, 2.24) is 4.90 Å². The first kappa shape index (κ1) is 18.7. The smallest absolute Gasteiger partial charge is 0.268 e. The van der Waals surface area contributed by atoms with Crippen LogP contribution in [0.2, 0.25) is 0 Å². The Hall–Kier alpha value is -2.08. The summed E-state index contributed by atoms with van der Waals surface area (Å²) in [5.41, 5.74) is 1.76. The molecule has 1 aromatic rings. The first-order valence-electron chi connectivity index (χ1n) is 9.73. The van der Waals surface area contributed by atoms with Crippen molar-refractivity contribution in [1.29, 1.82) is 0 Å². The molecule has 0 aromatic heterocycles. The number of benzene rings is 1. The van der Waals surface area contributed by atoms with E-state index in [4.69, 9.17) is 4.74 Å². The van der Waals surface area contributed by atoms with Gasteiger partial charge in [0.15, 0.2) is 6.10 Å². The number of fused-ring (bicyclic) bond motifs is 1. The Balaban J connectivity index is 1.73. The number of rotatable bonds is 5. The Bertz CT molecular complexity index is 668. The fourth-order valence-electron chi connectivity index (χ4n) is 3.77. The van der Waals surface area contributed by atoms with Crippen LogP contribution in [-0.2, 0) is 9.59 Å². The maximum atomic E-state index is 12.8. The lowest BCUT2D eigenvalue weighted by Gasteiger charge is -2.36. The van der Waals surface area contributed by atoms with Crippen LogP contribution in [0.3, 0.4) is 0 Å². The highest BCUT2D eigenvalue weighted by Crippen LogP contribution is 2.35. The molecule has 1 fully saturated rings. The molecular weight excluding hydrogens is 330 g/mol. The van der Waals surface area contributed by atoms with Crippen molar-refractivity contribution in [3.8, 4) is 5.75 Å². The maximum absolute atomic E-state index is 12.8. The molecule has 1 aromatic carbocycles. The van der Waals surface area contributed by atoms with E-state index in [1.165, 1.54) is 6.42 Å². The second-order valence-electron chi connectivity index (χ2n) is 7.29. The lowest BCUT2D eigenvalue weighted by atomic mass is 10.1. The van der Waals surface area contributed by atoms with Crippen LogP contribution in [0.1, 0.15) is 32.3 Å². The number of amides is 2. The van der Waals surface area contributed by atoms with Crippen molar-refractivity contribution < 1.29 is 19.2 Å². The standard InChI is InChI=1S/C20H29N3O3/c1-4-8-21-9-11-22(12-10-21)19(24)14-23-16-13-15(3)6-7-18(16)26-17(5-2)20(23)25/h6-7,13,17H,4-5,8-12,14H2,1-3H3/p+1. The average Bonchev–Trinajstić information content (AvgIpc) is 2.65. The second-order valence-corrected chi connectivity index (χ2v) is 7.29. The van der Waals surface area contributed by atoms with Gasteiger partial charge in [0.1, 0.15) is 12.3 Å². The van der Waals surface area contributed by atoms with Gasteiger partial charge in [-0.3, -0.25) is 14.5 Å². The van der Waals surface area contributed by atoms with Gasteiger partial charge in [-0.15, -0.1) is 0 Å². The van der Waals surface area contributed by atoms with E-state index in [0.717, 1.165) is 38.3 Å². The van der Waals surface area contributed by atoms with Gasteiger partial charge in [-0.1, -0.05) is 19.9 Å². The van der Waals surface area contributed by atoms with E-state index in [2.05, 4.69) is 6.92 Å². The fourth-order valence-corrected chi connectivity index (χ4v) is 3.77. The second kappa shape index (κ2) is 8.08. The van der Waals surface area contributed by atoms with Gasteiger partial charge in [0.25, 0.3) is 5.91 Å². The van der Waals surface area contributed by atoms with Crippen LogP contribution in [-0.4, -0.2) is 62.1 Å². The number of quaternary nitrogens is 1. The van der Waals surface area contributed by atoms with Gasteiger partial charge in [0.2, 0.25) is 5.91 Å². The van der Waals surface area contributed by atoms with Crippen molar-refractivity contribution in [2.45, 2.75) is 39.7 Å². The molecule has 1 unspecified atom stereocenters. The SMILES string of the molecule is CCC[NH+]1CCN(C(=O)CN2C(=O)C(CC)Oc3ccc(C)cc32)CC1. The molecule has 1 atom stereocenters. The first-order valence-corrected chi connectivity index (χ1v) is 9.73. The summed E-state index contributed by atoms with van der Waals surface area (Å²) in [4.78, 5) is 30.7. The third-order valence-corrected chi connectivity index (χ3v) is 5.31. The molecule has 1 N–H and O–H groups in total. The Labute approximate surface area is 155 Å².